The summed E-state index contributed by atoms with van der Waals surface area (Å²) in [7, 11) is 0. The van der Waals surface area contributed by atoms with Crippen molar-refractivity contribution in [3.05, 3.63) is 40.9 Å². The first-order valence-electron chi connectivity index (χ1n) is 8.59. The minimum Gasteiger partial charge on any atom is -0.422 e. The molecule has 9 heteroatoms. The second kappa shape index (κ2) is 6.52. The van der Waals surface area contributed by atoms with Crippen LogP contribution in [0, 0.1) is 11.8 Å². The summed E-state index contributed by atoms with van der Waals surface area (Å²) in [5.41, 5.74) is -1.11. The van der Waals surface area contributed by atoms with Crippen LogP contribution in [0.2, 0.25) is 0 Å². The molecule has 3 aliphatic rings. The fraction of sp³-hybridized carbons (Fsp3) is 0.368. The zero-order valence-electron chi connectivity index (χ0n) is 15.0. The SMILES string of the molecule is CC(=O)OC(OC(C)=O)[C@@]12C=C[C@@H](O1)[C@H]1C(=O)N(c3ccc(Br)cc3)C(=O)[C@H]12. The lowest BCUT2D eigenvalue weighted by Crippen LogP contribution is -2.52. The summed E-state index contributed by atoms with van der Waals surface area (Å²) in [6.45, 7) is 2.32. The van der Waals surface area contributed by atoms with Gasteiger partial charge in [-0.05, 0) is 30.3 Å². The van der Waals surface area contributed by atoms with E-state index in [0.29, 0.717) is 5.69 Å². The number of halogens is 1. The van der Waals surface area contributed by atoms with Gasteiger partial charge >= 0.3 is 11.9 Å². The Morgan fingerprint density at radius 1 is 1.11 bits per heavy atom. The number of fused-ring (bicyclic) bond motifs is 5. The summed E-state index contributed by atoms with van der Waals surface area (Å²) in [4.78, 5) is 50.5. The van der Waals surface area contributed by atoms with Crippen LogP contribution in [-0.2, 0) is 33.4 Å². The van der Waals surface area contributed by atoms with Gasteiger partial charge in [0.05, 0.1) is 23.6 Å². The molecule has 0 aliphatic carbocycles. The average molecular weight is 450 g/mol. The minimum absolute atomic E-state index is 0.405. The minimum atomic E-state index is -1.54. The maximum Gasteiger partial charge on any atom is 0.305 e. The van der Waals surface area contributed by atoms with Crippen LogP contribution >= 0.6 is 15.9 Å². The Bertz CT molecular complexity index is 895. The molecule has 2 amide bonds. The summed E-state index contributed by atoms with van der Waals surface area (Å²) in [5, 5.41) is 0. The van der Waals surface area contributed by atoms with Crippen molar-refractivity contribution in [1.29, 1.82) is 0 Å². The second-order valence-corrected chi connectivity index (χ2v) is 7.75. The van der Waals surface area contributed by atoms with Crippen molar-refractivity contribution in [2.24, 2.45) is 11.8 Å². The third kappa shape index (κ3) is 2.68. The molecule has 0 saturated carbocycles. The van der Waals surface area contributed by atoms with Crippen molar-refractivity contribution in [3.63, 3.8) is 0 Å². The molecule has 3 aliphatic heterocycles. The zero-order valence-corrected chi connectivity index (χ0v) is 16.5. The molecule has 0 spiro atoms. The van der Waals surface area contributed by atoms with Gasteiger partial charge in [-0.3, -0.25) is 19.2 Å². The van der Waals surface area contributed by atoms with Gasteiger partial charge in [-0.25, -0.2) is 4.90 Å². The lowest BCUT2D eigenvalue weighted by molar-refractivity contribution is -0.226. The molecule has 28 heavy (non-hydrogen) atoms. The van der Waals surface area contributed by atoms with Crippen LogP contribution in [0.1, 0.15) is 13.8 Å². The first-order chi connectivity index (χ1) is 13.2. The van der Waals surface area contributed by atoms with E-state index in [1.54, 1.807) is 36.4 Å². The van der Waals surface area contributed by atoms with E-state index in [-0.39, 0.29) is 0 Å². The van der Waals surface area contributed by atoms with E-state index >= 15 is 0 Å². The molecule has 2 saturated heterocycles. The molecule has 0 N–H and O–H groups in total. The first-order valence-corrected chi connectivity index (χ1v) is 9.39. The summed E-state index contributed by atoms with van der Waals surface area (Å²) >= 11 is 3.32. The van der Waals surface area contributed by atoms with Crippen molar-refractivity contribution >= 4 is 45.4 Å². The predicted octanol–water partition coefficient (Wildman–Crippen LogP) is 1.71. The molecule has 0 radical (unpaired) electrons. The maximum absolute atomic E-state index is 13.3. The molecule has 0 unspecified atom stereocenters. The fourth-order valence-corrected chi connectivity index (χ4v) is 4.33. The van der Waals surface area contributed by atoms with Gasteiger partial charge in [-0.15, -0.1) is 0 Å². The van der Waals surface area contributed by atoms with Crippen molar-refractivity contribution in [2.45, 2.75) is 31.8 Å². The Labute approximate surface area is 168 Å². The van der Waals surface area contributed by atoms with Gasteiger partial charge in [0.1, 0.15) is 0 Å². The Morgan fingerprint density at radius 3 is 2.29 bits per heavy atom. The monoisotopic (exact) mass is 449 g/mol. The van der Waals surface area contributed by atoms with E-state index in [0.717, 1.165) is 23.2 Å². The number of hydrogen-bond acceptors (Lipinski definition) is 7. The number of carbonyl (C=O) groups excluding carboxylic acids is 4. The number of imide groups is 1. The van der Waals surface area contributed by atoms with Crippen LogP contribution in [0.15, 0.2) is 40.9 Å². The maximum atomic E-state index is 13.3. The van der Waals surface area contributed by atoms with Crippen LogP contribution in [0.25, 0.3) is 0 Å². The molecule has 1 aromatic rings. The van der Waals surface area contributed by atoms with Crippen LogP contribution in [0.4, 0.5) is 5.69 Å². The molecule has 3 heterocycles. The van der Waals surface area contributed by atoms with Crippen molar-refractivity contribution in [2.75, 3.05) is 4.90 Å². The number of nitrogens with zero attached hydrogens (tertiary/aromatic N) is 1. The largest absolute Gasteiger partial charge is 0.422 e. The van der Waals surface area contributed by atoms with Gasteiger partial charge in [0, 0.05) is 18.3 Å². The third-order valence-corrected chi connectivity index (χ3v) is 5.61. The van der Waals surface area contributed by atoms with E-state index in [1.807, 2.05) is 0 Å². The number of carbonyl (C=O) groups is 4. The quantitative estimate of drug-likeness (QED) is 0.298. The number of esters is 2. The Hall–Kier alpha value is -2.52. The van der Waals surface area contributed by atoms with E-state index in [1.165, 1.54) is 0 Å². The molecular formula is C19H16BrNO7. The molecule has 4 rings (SSSR count). The second-order valence-electron chi connectivity index (χ2n) is 6.84. The third-order valence-electron chi connectivity index (χ3n) is 5.08. The summed E-state index contributed by atoms with van der Waals surface area (Å²) in [6, 6.07) is 6.76. The number of ether oxygens (including phenoxy) is 3. The molecule has 8 nitrogen and oxygen atoms in total. The topological polar surface area (TPSA) is 99.2 Å². The van der Waals surface area contributed by atoms with Gasteiger partial charge in [0.15, 0.2) is 5.60 Å². The van der Waals surface area contributed by atoms with Crippen LogP contribution in [-0.4, -0.2) is 41.7 Å². The summed E-state index contributed by atoms with van der Waals surface area (Å²) in [6.07, 6.45) is 1.04. The van der Waals surface area contributed by atoms with E-state index < -0.39 is 53.6 Å². The van der Waals surface area contributed by atoms with Crippen LogP contribution in [0.3, 0.4) is 0 Å². The average Bonchev–Trinajstić information content (AvgIpc) is 3.26. The Morgan fingerprint density at radius 2 is 1.71 bits per heavy atom. The van der Waals surface area contributed by atoms with Crippen molar-refractivity contribution < 1.29 is 33.4 Å². The van der Waals surface area contributed by atoms with Gasteiger partial charge in [0.25, 0.3) is 6.29 Å². The Balaban J connectivity index is 1.74. The normalized spacial score (nSPS) is 30.1. The molecule has 2 bridgehead atoms. The number of anilines is 1. The first kappa shape index (κ1) is 18.8. The van der Waals surface area contributed by atoms with Crippen molar-refractivity contribution in [1.82, 2.24) is 0 Å². The smallest absolute Gasteiger partial charge is 0.305 e. The molecule has 1 aromatic carbocycles. The lowest BCUT2D eigenvalue weighted by atomic mass is 9.76. The number of amides is 2. The van der Waals surface area contributed by atoms with E-state index in [2.05, 4.69) is 15.9 Å². The van der Waals surface area contributed by atoms with Gasteiger partial charge in [-0.2, -0.15) is 0 Å². The number of rotatable bonds is 4. The predicted molar refractivity (Wildman–Crippen MR) is 97.7 cm³/mol. The van der Waals surface area contributed by atoms with E-state index in [4.69, 9.17) is 14.2 Å². The van der Waals surface area contributed by atoms with E-state index in [9.17, 15) is 19.2 Å². The molecule has 0 aromatic heterocycles. The van der Waals surface area contributed by atoms with Crippen molar-refractivity contribution in [3.8, 4) is 0 Å². The van der Waals surface area contributed by atoms with Gasteiger partial charge in [0.2, 0.25) is 11.8 Å². The molecule has 4 atom stereocenters. The standard InChI is InChI=1S/C19H16BrNO7/c1-9(22)26-18(27-10(2)23)19-8-7-13(28-19)14-15(19)17(25)21(16(14)24)12-5-3-11(20)4-6-12/h3-8,13-15,18H,1-2H3/t13-,14-,15+,19+/m1/s1. The highest BCUT2D eigenvalue weighted by atomic mass is 79.9. The highest BCUT2D eigenvalue weighted by Gasteiger charge is 2.72. The zero-order chi connectivity index (χ0) is 20.2. The summed E-state index contributed by atoms with van der Waals surface area (Å²) < 4.78 is 17.0. The molecule has 146 valence electrons. The number of benzene rings is 1. The van der Waals surface area contributed by atoms with Crippen LogP contribution < -0.4 is 4.90 Å². The highest BCUT2D eigenvalue weighted by Crippen LogP contribution is 2.54. The fourth-order valence-electron chi connectivity index (χ4n) is 4.06. The van der Waals surface area contributed by atoms with Gasteiger partial charge in [-0.1, -0.05) is 22.0 Å². The number of hydrogen-bond donors (Lipinski definition) is 0. The summed E-state index contributed by atoms with van der Waals surface area (Å²) in [5.74, 6) is -4.05. The highest BCUT2D eigenvalue weighted by molar-refractivity contribution is 9.10. The van der Waals surface area contributed by atoms with Gasteiger partial charge < -0.3 is 14.2 Å². The molecular weight excluding hydrogens is 434 g/mol. The Kier molecular flexibility index (Phi) is 4.39. The lowest BCUT2D eigenvalue weighted by Gasteiger charge is -2.34. The van der Waals surface area contributed by atoms with Crippen LogP contribution in [0.5, 0.6) is 0 Å². The molecule has 2 fully saturated rings.